The second-order valence-electron chi connectivity index (χ2n) is 9.30. The third-order valence-corrected chi connectivity index (χ3v) is 6.46. The minimum atomic E-state index is -1.33. The number of carboxylic acid groups (broad SMARTS) is 4. The van der Waals surface area contributed by atoms with E-state index in [1.54, 1.807) is 34.1 Å². The summed E-state index contributed by atoms with van der Waals surface area (Å²) < 4.78 is 0. The summed E-state index contributed by atoms with van der Waals surface area (Å²) in [7, 11) is 0. The molecule has 1 saturated heterocycles. The molecule has 1 heterocycles. The average Bonchev–Trinajstić information content (AvgIpc) is 2.87. The van der Waals surface area contributed by atoms with Crippen LogP contribution in [-0.2, 0) is 19.2 Å². The molecule has 1 aromatic carbocycles. The van der Waals surface area contributed by atoms with Gasteiger partial charge in [-0.2, -0.15) is 4.99 Å². The maximum Gasteiger partial charge on any atom is 3.00 e. The minimum Gasteiger partial charge on any atom is -0.549 e. The molecule has 2 rings (SSSR count). The molecule has 0 aliphatic carbocycles. The van der Waals surface area contributed by atoms with Gasteiger partial charge in [-0.15, -0.1) is 0 Å². The molecular weight excluding hydrogens is 726 g/mol. The number of carbonyl (C=O) groups excluding carboxylic acids is 4. The summed E-state index contributed by atoms with van der Waals surface area (Å²) in [5.74, 6) is -5.25. The Bertz CT molecular complexity index is 1010. The first-order valence-corrected chi connectivity index (χ1v) is 13.1. The van der Waals surface area contributed by atoms with Crippen molar-refractivity contribution in [3.05, 3.63) is 24.3 Å². The number of hydrogen-bond acceptors (Lipinski definition) is 15. The molecule has 0 unspecified atom stereocenters. The Morgan fingerprint density at radius 1 is 0.619 bits per heavy atom. The molecule has 0 aromatic heterocycles. The molecule has 0 atom stereocenters. The number of carboxylic acids is 4. The van der Waals surface area contributed by atoms with Crippen LogP contribution < -0.4 is 54.9 Å². The van der Waals surface area contributed by atoms with Gasteiger partial charge >= 0.3 is 68.2 Å². The zero-order valence-corrected chi connectivity index (χ0v) is 28.4. The van der Waals surface area contributed by atoms with E-state index in [0.717, 1.165) is 5.69 Å². The number of hydrogen-bond donors (Lipinski definition) is 0. The van der Waals surface area contributed by atoms with Crippen molar-refractivity contribution in [3.63, 3.8) is 0 Å². The van der Waals surface area contributed by atoms with Gasteiger partial charge in [0.1, 0.15) is 0 Å². The van der Waals surface area contributed by atoms with Crippen LogP contribution in [0.5, 0.6) is 0 Å². The van der Waals surface area contributed by atoms with Crippen LogP contribution >= 0.6 is 12.2 Å². The fourth-order valence-corrected chi connectivity index (χ4v) is 4.45. The van der Waals surface area contributed by atoms with Crippen LogP contribution in [0.2, 0.25) is 0 Å². The van der Waals surface area contributed by atoms with E-state index < -0.39 is 37.0 Å². The molecule has 1 aliphatic rings. The van der Waals surface area contributed by atoms with E-state index in [1.165, 1.54) is 9.80 Å². The predicted octanol–water partition coefficient (Wildman–Crippen LogP) is -8.55. The van der Waals surface area contributed by atoms with Crippen molar-refractivity contribution in [2.75, 3.05) is 96.5 Å². The second-order valence-corrected chi connectivity index (χ2v) is 9.48. The fraction of sp³-hybridized carbons (Fsp3) is 0.560. The van der Waals surface area contributed by atoms with Crippen LogP contribution in [0.15, 0.2) is 29.3 Å². The van der Waals surface area contributed by atoms with E-state index in [0.29, 0.717) is 18.8 Å². The van der Waals surface area contributed by atoms with Crippen molar-refractivity contribution in [3.8, 4) is 0 Å². The Kier molecular flexibility index (Phi) is 21.7. The van der Waals surface area contributed by atoms with Gasteiger partial charge in [0.05, 0.1) is 34.7 Å². The van der Waals surface area contributed by atoms with Gasteiger partial charge in [0.2, 0.25) is 0 Å². The summed E-state index contributed by atoms with van der Waals surface area (Å²) >= 11 is 4.64. The van der Waals surface area contributed by atoms with E-state index in [2.05, 4.69) is 22.4 Å². The number of nitrogens with zero attached hydrogens (tertiary/aromatic N) is 6. The second kappa shape index (κ2) is 22.4. The number of anilines is 1. The van der Waals surface area contributed by atoms with E-state index in [1.807, 2.05) is 4.90 Å². The largest absolute Gasteiger partial charge is 3.00 e. The summed E-state index contributed by atoms with van der Waals surface area (Å²) in [5, 5.41) is 47.9. The number of rotatable bonds is 10. The summed E-state index contributed by atoms with van der Waals surface area (Å²) in [6, 6.07) is 7.07. The predicted molar refractivity (Wildman–Crippen MR) is 139 cm³/mol. The van der Waals surface area contributed by atoms with Gasteiger partial charge in [-0.05, 0) is 36.5 Å². The van der Waals surface area contributed by atoms with Crippen LogP contribution in [0.1, 0.15) is 0 Å². The van der Waals surface area contributed by atoms with Crippen LogP contribution in [0.4, 0.5) is 11.4 Å². The van der Waals surface area contributed by atoms with Gasteiger partial charge in [0.15, 0.2) is 0 Å². The van der Waals surface area contributed by atoms with Crippen LogP contribution in [-0.4, -0.2) is 140 Å². The number of aliphatic carboxylic acids is 4. The van der Waals surface area contributed by atoms with Crippen molar-refractivity contribution in [1.82, 2.24) is 19.6 Å². The third kappa shape index (κ3) is 17.2. The Labute approximate surface area is 303 Å². The summed E-state index contributed by atoms with van der Waals surface area (Å²) in [6.07, 6.45) is 0. The molecule has 42 heavy (non-hydrogen) atoms. The van der Waals surface area contributed by atoms with Crippen LogP contribution in [0, 0.1) is 38.6 Å². The van der Waals surface area contributed by atoms with Gasteiger partial charge in [-0.25, -0.2) is 0 Å². The number of isothiocyanates is 1. The third-order valence-electron chi connectivity index (χ3n) is 6.37. The molecule has 0 saturated carbocycles. The molecule has 1 fully saturated rings. The number of benzene rings is 1. The summed E-state index contributed by atoms with van der Waals surface area (Å²) in [5.41, 5.74) is 1.36. The Balaban J connectivity index is 0.00000840. The molecular formula is C25H32N6NaO8STb. The van der Waals surface area contributed by atoms with Crippen molar-refractivity contribution >= 4 is 52.6 Å². The maximum atomic E-state index is 11.4. The van der Waals surface area contributed by atoms with E-state index >= 15 is 0 Å². The number of aliphatic imine (C=N–C) groups is 1. The first kappa shape index (κ1) is 40.8. The van der Waals surface area contributed by atoms with Crippen molar-refractivity contribution in [2.24, 2.45) is 4.99 Å². The monoisotopic (exact) mass is 758 g/mol. The Morgan fingerprint density at radius 3 is 1.17 bits per heavy atom. The van der Waals surface area contributed by atoms with Crippen molar-refractivity contribution in [1.29, 1.82) is 0 Å². The SMILES string of the molecule is O=C([O-])CN1CCN(CC(=O)[O-])CCN(CC(=O)[O-])CCN(c2ccc(N=C=S)cc2)CCN(CC(=O)[O-])CC1.[Na+].[Tb+3]. The molecule has 0 spiro atoms. The Morgan fingerprint density at radius 2 is 0.905 bits per heavy atom. The molecule has 0 amide bonds. The van der Waals surface area contributed by atoms with E-state index in [-0.39, 0.29) is 134 Å². The van der Waals surface area contributed by atoms with Gasteiger partial charge in [0, 0.05) is 97.3 Å². The maximum absolute atomic E-state index is 11.4. The first-order chi connectivity index (χ1) is 19.0. The van der Waals surface area contributed by atoms with E-state index in [9.17, 15) is 39.6 Å². The summed E-state index contributed by atoms with van der Waals surface area (Å²) in [6.45, 7) is 0.731. The van der Waals surface area contributed by atoms with E-state index in [4.69, 9.17) is 0 Å². The molecule has 17 heteroatoms. The molecule has 1 aromatic rings. The molecule has 14 nitrogen and oxygen atoms in total. The topological polar surface area (TPSA) is 189 Å². The summed E-state index contributed by atoms with van der Waals surface area (Å²) in [4.78, 5) is 57.8. The first-order valence-electron chi connectivity index (χ1n) is 12.7. The van der Waals surface area contributed by atoms with Crippen LogP contribution in [0.3, 0.4) is 0 Å². The average molecular weight is 759 g/mol. The zero-order chi connectivity index (χ0) is 29.5. The van der Waals surface area contributed by atoms with Crippen molar-refractivity contribution in [2.45, 2.75) is 0 Å². The molecule has 0 bridgehead atoms. The van der Waals surface area contributed by atoms with Gasteiger partial charge in [0.25, 0.3) is 0 Å². The normalized spacial score (nSPS) is 16.9. The zero-order valence-electron chi connectivity index (χ0n) is 23.4. The Hall–Kier alpha value is -1.17. The standard InChI is InChI=1S/C25H36N6O8S.Na.Tb/c32-22(33)15-27-5-6-28(16-23(34)35)8-10-30(18-25(38)39)12-14-31(13-11-29(9-7-27)17-24(36)37)21-3-1-20(2-4-21)26-19-40;;/h1-4H,5-18H2,(H,32,33)(H,34,35)(H,36,37)(H,38,39);;/q;+1;+3/p-4. The van der Waals surface area contributed by atoms with Gasteiger partial charge in [-0.3, -0.25) is 19.6 Å². The number of carbonyl (C=O) groups is 4. The van der Waals surface area contributed by atoms with Crippen molar-refractivity contribution < 1.29 is 108 Å². The smallest absolute Gasteiger partial charge is 0.549 e. The van der Waals surface area contributed by atoms with Gasteiger partial charge < -0.3 is 44.5 Å². The molecule has 0 radical (unpaired) electrons. The molecule has 0 N–H and O–H groups in total. The quantitative estimate of drug-likeness (QED) is 0.124. The minimum absolute atomic E-state index is 0. The molecule has 226 valence electrons. The molecule has 1 aliphatic heterocycles. The fourth-order valence-electron chi connectivity index (χ4n) is 4.34. The van der Waals surface area contributed by atoms with Crippen LogP contribution in [0.25, 0.3) is 0 Å². The van der Waals surface area contributed by atoms with Gasteiger partial charge in [-0.1, -0.05) is 0 Å². The number of thiocarbonyl (C=S) groups is 1.